The van der Waals surface area contributed by atoms with Gasteiger partial charge in [0.25, 0.3) is 0 Å². The number of aliphatic carboxylic acids is 1. The van der Waals surface area contributed by atoms with Crippen molar-refractivity contribution in [2.45, 2.75) is 25.5 Å². The summed E-state index contributed by atoms with van der Waals surface area (Å²) in [5.74, 6) is 0.418. The number of carboxylic acids is 1. The zero-order valence-corrected chi connectivity index (χ0v) is 20.2. The quantitative estimate of drug-likeness (QED) is 0.408. The van der Waals surface area contributed by atoms with Gasteiger partial charge in [0.1, 0.15) is 6.61 Å². The molecule has 33 heavy (non-hydrogen) atoms. The predicted molar refractivity (Wildman–Crippen MR) is 132 cm³/mol. The van der Waals surface area contributed by atoms with Crippen LogP contribution in [0.1, 0.15) is 35.6 Å². The molecule has 5 nitrogen and oxygen atoms in total. The summed E-state index contributed by atoms with van der Waals surface area (Å²) in [6.45, 7) is 1.92. The van der Waals surface area contributed by atoms with Crippen LogP contribution < -0.4 is 9.47 Å². The van der Waals surface area contributed by atoms with Crippen LogP contribution in [-0.2, 0) is 11.4 Å². The second-order valence-electron chi connectivity index (χ2n) is 8.29. The van der Waals surface area contributed by atoms with Crippen LogP contribution in [-0.4, -0.2) is 36.2 Å². The van der Waals surface area contributed by atoms with Crippen LogP contribution in [0.3, 0.4) is 0 Å². The second kappa shape index (κ2) is 10.9. The number of piperidine rings is 1. The molecule has 3 aromatic rings. The Labute approximate surface area is 203 Å². The average Bonchev–Trinajstić information content (AvgIpc) is 2.85. The molecule has 172 valence electrons. The van der Waals surface area contributed by atoms with Crippen molar-refractivity contribution >= 4 is 21.9 Å². The molecule has 1 unspecified atom stereocenters. The highest BCUT2D eigenvalue weighted by molar-refractivity contribution is 9.10. The van der Waals surface area contributed by atoms with Crippen LogP contribution in [0.15, 0.2) is 77.3 Å². The van der Waals surface area contributed by atoms with Gasteiger partial charge in [-0.2, -0.15) is 0 Å². The molecule has 4 rings (SSSR count). The molecule has 6 heteroatoms. The summed E-state index contributed by atoms with van der Waals surface area (Å²) in [4.78, 5) is 13.8. The van der Waals surface area contributed by atoms with E-state index in [1.165, 1.54) is 0 Å². The molecule has 3 aromatic carbocycles. The zero-order chi connectivity index (χ0) is 23.2. The Morgan fingerprint density at radius 1 is 1.00 bits per heavy atom. The fourth-order valence-electron chi connectivity index (χ4n) is 4.37. The smallest absolute Gasteiger partial charge is 0.306 e. The van der Waals surface area contributed by atoms with Crippen LogP contribution in [0.5, 0.6) is 11.5 Å². The average molecular weight is 510 g/mol. The number of hydrogen-bond acceptors (Lipinski definition) is 4. The summed E-state index contributed by atoms with van der Waals surface area (Å²) < 4.78 is 12.8. The van der Waals surface area contributed by atoms with Gasteiger partial charge in [0.15, 0.2) is 11.5 Å². The van der Waals surface area contributed by atoms with E-state index in [-0.39, 0.29) is 12.0 Å². The van der Waals surface area contributed by atoms with Gasteiger partial charge in [0, 0.05) is 4.47 Å². The normalized spacial score (nSPS) is 15.7. The fourth-order valence-corrected chi connectivity index (χ4v) is 4.64. The first kappa shape index (κ1) is 23.3. The molecule has 0 aliphatic carbocycles. The van der Waals surface area contributed by atoms with E-state index < -0.39 is 5.97 Å². The van der Waals surface area contributed by atoms with Crippen molar-refractivity contribution < 1.29 is 19.4 Å². The molecule has 0 amide bonds. The highest BCUT2D eigenvalue weighted by Crippen LogP contribution is 2.37. The zero-order valence-electron chi connectivity index (χ0n) is 18.6. The second-order valence-corrected chi connectivity index (χ2v) is 9.20. The monoisotopic (exact) mass is 509 g/mol. The van der Waals surface area contributed by atoms with Gasteiger partial charge in [-0.15, -0.1) is 0 Å². The lowest BCUT2D eigenvalue weighted by molar-refractivity contribution is -0.143. The van der Waals surface area contributed by atoms with Crippen molar-refractivity contribution in [3.63, 3.8) is 0 Å². The lowest BCUT2D eigenvalue weighted by Gasteiger charge is -2.37. The Bertz CT molecular complexity index is 1060. The third kappa shape index (κ3) is 5.75. The number of carbonyl (C=O) groups is 1. The van der Waals surface area contributed by atoms with E-state index in [0.717, 1.165) is 34.3 Å². The molecule has 0 aromatic heterocycles. The van der Waals surface area contributed by atoms with Crippen LogP contribution in [0.4, 0.5) is 0 Å². The summed E-state index contributed by atoms with van der Waals surface area (Å²) in [6, 6.07) is 24.4. The van der Waals surface area contributed by atoms with Crippen molar-refractivity contribution in [1.82, 2.24) is 4.90 Å². The van der Waals surface area contributed by atoms with Crippen LogP contribution in [0, 0.1) is 5.92 Å². The highest BCUT2D eigenvalue weighted by atomic mass is 79.9. The molecule has 0 spiro atoms. The maximum atomic E-state index is 11.4. The number of methoxy groups -OCH3 is 1. The lowest BCUT2D eigenvalue weighted by Crippen LogP contribution is -2.39. The Balaban J connectivity index is 1.60. The fraction of sp³-hybridized carbons (Fsp3) is 0.296. The van der Waals surface area contributed by atoms with E-state index in [1.54, 1.807) is 7.11 Å². The number of benzene rings is 3. The first-order valence-corrected chi connectivity index (χ1v) is 11.9. The van der Waals surface area contributed by atoms with Crippen molar-refractivity contribution in [2.75, 3.05) is 20.2 Å². The largest absolute Gasteiger partial charge is 0.493 e. The van der Waals surface area contributed by atoms with Crippen molar-refractivity contribution in [3.05, 3.63) is 94.0 Å². The van der Waals surface area contributed by atoms with Crippen LogP contribution in [0.2, 0.25) is 0 Å². The topological polar surface area (TPSA) is 59.0 Å². The Morgan fingerprint density at radius 2 is 1.67 bits per heavy atom. The summed E-state index contributed by atoms with van der Waals surface area (Å²) >= 11 is 3.52. The van der Waals surface area contributed by atoms with Gasteiger partial charge >= 0.3 is 5.97 Å². The summed E-state index contributed by atoms with van der Waals surface area (Å²) in [5.41, 5.74) is 3.35. The number of hydrogen-bond donors (Lipinski definition) is 1. The summed E-state index contributed by atoms with van der Waals surface area (Å²) in [5, 5.41) is 9.41. The maximum Gasteiger partial charge on any atom is 0.306 e. The molecular weight excluding hydrogens is 482 g/mol. The van der Waals surface area contributed by atoms with E-state index in [2.05, 4.69) is 39.0 Å². The number of nitrogens with zero attached hydrogens (tertiary/aromatic N) is 1. The molecule has 1 saturated heterocycles. The third-order valence-corrected chi connectivity index (χ3v) is 6.70. The lowest BCUT2D eigenvalue weighted by atomic mass is 9.91. The molecule has 1 N–H and O–H groups in total. The minimum atomic E-state index is -0.698. The summed E-state index contributed by atoms with van der Waals surface area (Å²) in [6.07, 6.45) is 1.30. The highest BCUT2D eigenvalue weighted by Gasteiger charge is 2.30. The number of rotatable bonds is 8. The SMILES string of the molecule is COc1cc(C(c2ccc(Br)cc2)N2CCC(C(=O)O)CC2)ccc1OCc1ccccc1. The molecule has 0 bridgehead atoms. The predicted octanol–water partition coefficient (Wildman–Crippen LogP) is 5.92. The molecule has 1 heterocycles. The molecule has 1 atom stereocenters. The van der Waals surface area contributed by atoms with Crippen molar-refractivity contribution in [3.8, 4) is 11.5 Å². The van der Waals surface area contributed by atoms with E-state index in [1.807, 2.05) is 54.6 Å². The summed E-state index contributed by atoms with van der Waals surface area (Å²) in [7, 11) is 1.65. The van der Waals surface area contributed by atoms with Gasteiger partial charge < -0.3 is 14.6 Å². The van der Waals surface area contributed by atoms with Gasteiger partial charge in [-0.25, -0.2) is 0 Å². The minimum Gasteiger partial charge on any atom is -0.493 e. The molecule has 0 saturated carbocycles. The van der Waals surface area contributed by atoms with Crippen molar-refractivity contribution in [1.29, 1.82) is 0 Å². The molecular formula is C27H28BrNO4. The molecule has 1 fully saturated rings. The van der Waals surface area contributed by atoms with Crippen molar-refractivity contribution in [2.24, 2.45) is 5.92 Å². The van der Waals surface area contributed by atoms with E-state index in [4.69, 9.17) is 9.47 Å². The van der Waals surface area contributed by atoms with Crippen LogP contribution in [0.25, 0.3) is 0 Å². The molecule has 1 aliphatic rings. The van der Waals surface area contributed by atoms with E-state index in [0.29, 0.717) is 30.9 Å². The number of carboxylic acid groups (broad SMARTS) is 1. The number of ether oxygens (including phenoxy) is 2. The maximum absolute atomic E-state index is 11.4. The Morgan fingerprint density at radius 3 is 2.30 bits per heavy atom. The minimum absolute atomic E-state index is 0.00455. The molecule has 1 aliphatic heterocycles. The third-order valence-electron chi connectivity index (χ3n) is 6.17. The first-order valence-electron chi connectivity index (χ1n) is 11.1. The van der Waals surface area contributed by atoms with Gasteiger partial charge in [-0.05, 0) is 66.9 Å². The Hall–Kier alpha value is -2.83. The van der Waals surface area contributed by atoms with Gasteiger partial charge in [-0.3, -0.25) is 9.69 Å². The van der Waals surface area contributed by atoms with E-state index >= 15 is 0 Å². The van der Waals surface area contributed by atoms with Gasteiger partial charge in [0.05, 0.1) is 19.1 Å². The number of likely N-dealkylation sites (tertiary alicyclic amines) is 1. The van der Waals surface area contributed by atoms with Gasteiger partial charge in [-0.1, -0.05) is 64.5 Å². The first-order chi connectivity index (χ1) is 16.0. The standard InChI is InChI=1S/C27H28BrNO4/c1-32-25-17-22(9-12-24(25)33-18-19-5-3-2-4-6-19)26(20-7-10-23(28)11-8-20)29-15-13-21(14-16-29)27(30)31/h2-12,17,21,26H,13-16,18H2,1H3,(H,30,31). The molecule has 0 radical (unpaired) electrons. The Kier molecular flexibility index (Phi) is 7.68. The van der Waals surface area contributed by atoms with Crippen LogP contribution >= 0.6 is 15.9 Å². The van der Waals surface area contributed by atoms with Gasteiger partial charge in [0.2, 0.25) is 0 Å². The number of halogens is 1. The van der Waals surface area contributed by atoms with E-state index in [9.17, 15) is 9.90 Å².